The molecule has 1 aromatic heterocycles. The van der Waals surface area contributed by atoms with Crippen molar-refractivity contribution in [2.24, 2.45) is 5.92 Å². The number of hydrogen-bond donors (Lipinski definition) is 4. The number of likely N-dealkylation sites (N-methyl/N-ethyl adjacent to an activating group) is 1. The van der Waals surface area contributed by atoms with Crippen molar-refractivity contribution in [2.75, 3.05) is 79.8 Å². The van der Waals surface area contributed by atoms with E-state index < -0.39 is 107 Å². The van der Waals surface area contributed by atoms with Crippen LogP contribution in [-0.4, -0.2) is 201 Å². The quantitative estimate of drug-likeness (QED) is 0.0139. The molecule has 3 aliphatic heterocycles. The number of halogens is 1. The van der Waals surface area contributed by atoms with E-state index in [0.717, 1.165) is 49.9 Å². The number of ether oxygens (including phenoxy) is 9. The first-order valence-electron chi connectivity index (χ1n) is 34.6. The standard InChI is InChI=1S/C76H97ClN8O18/c1-46-21-20-28-62(95-13)76(94)42-61(100-72(92)80-76)48(3)68-75(8,103-68)63(41-65(87)83(11)60-39-50(37-46)38-47(2)67(60)77)101-70(90)49(4)82(10)64(86)31-33-96-35-36-97-34-32-78-69(89)58(29-30-66(88)102-74(5,6)7)79-71(91)99-45-85-52(40-51-22-14-19-27-59(51)85)43-81(9)84(12)73(93)98-44-57-55-25-17-15-23-53(55)54-24-16-18-26-56(54)57/h14-28,38-40,48-49,57-58,61-63,68,94H,29-37,41-45H2,1-13H3,(H,78,89)(H,79,91)(H,80,92)/b28-20+,46-21+/t48-,49+,58+,61+,62-,63+,68?,75+,76-/m1/s1. The maximum atomic E-state index is 14.4. The number of carbonyl (C=O) groups excluding carboxylic acids is 8. The van der Waals surface area contributed by atoms with E-state index >= 15 is 0 Å². The van der Waals surface area contributed by atoms with Gasteiger partial charge >= 0.3 is 30.2 Å². The van der Waals surface area contributed by atoms with Crippen molar-refractivity contribution >= 4 is 76.1 Å². The van der Waals surface area contributed by atoms with Crippen LogP contribution in [0, 0.1) is 12.8 Å². The molecule has 6 amide bonds. The maximum Gasteiger partial charge on any atom is 0.424 e. The van der Waals surface area contributed by atoms with Crippen molar-refractivity contribution in [3.05, 3.63) is 148 Å². The molecule has 4 bridgehead atoms. The van der Waals surface area contributed by atoms with Crippen LogP contribution in [0.15, 0.2) is 115 Å². The number of rotatable bonds is 25. The zero-order valence-corrected chi connectivity index (χ0v) is 61.7. The molecule has 9 atom stereocenters. The number of hydrogen-bond acceptors (Lipinski definition) is 19. The second-order valence-electron chi connectivity index (χ2n) is 27.9. The predicted molar refractivity (Wildman–Crippen MR) is 383 cm³/mol. The van der Waals surface area contributed by atoms with E-state index in [9.17, 15) is 43.5 Å². The van der Waals surface area contributed by atoms with E-state index in [1.54, 1.807) is 77.5 Å². The molecule has 103 heavy (non-hydrogen) atoms. The van der Waals surface area contributed by atoms with Gasteiger partial charge in [0.25, 0.3) is 0 Å². The number of alkyl carbamates (subject to hydrolysis) is 2. The number of allylic oxidation sites excluding steroid dienone is 3. The van der Waals surface area contributed by atoms with Gasteiger partial charge in [-0.3, -0.25) is 24.5 Å². The largest absolute Gasteiger partial charge is 0.460 e. The van der Waals surface area contributed by atoms with Gasteiger partial charge in [-0.05, 0) is 113 Å². The van der Waals surface area contributed by atoms with E-state index in [1.165, 1.54) is 35.9 Å². The van der Waals surface area contributed by atoms with Gasteiger partial charge in [-0.2, -0.15) is 0 Å². The van der Waals surface area contributed by atoms with Crippen LogP contribution in [0.1, 0.15) is 114 Å². The van der Waals surface area contributed by atoms with Crippen molar-refractivity contribution < 1.29 is 86.1 Å². The minimum Gasteiger partial charge on any atom is -0.460 e. The highest BCUT2D eigenvalue weighted by Crippen LogP contribution is 2.50. The highest BCUT2D eigenvalue weighted by Gasteiger charge is 2.64. The smallest absolute Gasteiger partial charge is 0.424 e. The van der Waals surface area contributed by atoms with Gasteiger partial charge in [-0.1, -0.05) is 115 Å². The molecule has 4 aliphatic rings. The van der Waals surface area contributed by atoms with E-state index in [-0.39, 0.29) is 90.9 Å². The SMILES string of the molecule is CO[C@@H]1/C=C/C=C(\C)Cc2cc(C)c(Cl)c(c2)N(C)C(=O)C[C@H](OC(=O)[C@H](C)N(C)C(=O)CCOCCOCCNC(=O)[C@H](CCC(=O)OC(C)(C)C)NC(=O)OCn2c(CN(C)N(C)C(=O)OCC3c4ccccc4-c4ccccc43)cc3ccccc32)[C@]2(C)OC2[C@H](C)[C@@H]2C[C@]1(O)NC(=O)O2. The number of epoxide rings is 1. The van der Waals surface area contributed by atoms with E-state index in [4.69, 9.17) is 54.2 Å². The lowest BCUT2D eigenvalue weighted by molar-refractivity contribution is -0.162. The Bertz CT molecular complexity index is 3940. The summed E-state index contributed by atoms with van der Waals surface area (Å²) in [5.74, 6) is -3.63. The number of para-hydroxylation sites is 1. The number of benzene rings is 4. The predicted octanol–water partition coefficient (Wildman–Crippen LogP) is 9.41. The lowest BCUT2D eigenvalue weighted by Gasteiger charge is -2.42. The van der Waals surface area contributed by atoms with Gasteiger partial charge in [0.2, 0.25) is 17.7 Å². The summed E-state index contributed by atoms with van der Waals surface area (Å²) < 4.78 is 54.3. The molecule has 2 saturated heterocycles. The van der Waals surface area contributed by atoms with Gasteiger partial charge in [0.1, 0.15) is 48.2 Å². The normalized spacial score (nSPS) is 22.5. The molecule has 27 heteroatoms. The Morgan fingerprint density at radius 1 is 0.883 bits per heavy atom. The van der Waals surface area contributed by atoms with Crippen molar-refractivity contribution in [3.8, 4) is 11.1 Å². The number of nitrogens with zero attached hydrogens (tertiary/aromatic N) is 5. The summed E-state index contributed by atoms with van der Waals surface area (Å²) >= 11 is 6.86. The molecule has 2 fully saturated rings. The molecule has 26 nitrogen and oxygen atoms in total. The van der Waals surface area contributed by atoms with Gasteiger partial charge in [-0.25, -0.2) is 29.2 Å². The molecule has 9 rings (SSSR count). The second-order valence-corrected chi connectivity index (χ2v) is 28.3. The fourth-order valence-corrected chi connectivity index (χ4v) is 13.5. The first-order valence-corrected chi connectivity index (χ1v) is 35.0. The van der Waals surface area contributed by atoms with Crippen molar-refractivity contribution in [1.29, 1.82) is 0 Å². The summed E-state index contributed by atoms with van der Waals surface area (Å²) in [4.78, 5) is 112. The lowest BCUT2D eigenvalue weighted by atomic mass is 9.83. The average molecular weight is 1450 g/mol. The fraction of sp³-hybridized carbons (Fsp3) is 0.500. The molecule has 4 heterocycles. The molecule has 1 unspecified atom stereocenters. The molecular weight excluding hydrogens is 1350 g/mol. The number of methoxy groups -OCH3 is 1. The number of aromatic nitrogens is 1. The maximum absolute atomic E-state index is 14.4. The molecule has 4 aromatic carbocycles. The van der Waals surface area contributed by atoms with Crippen LogP contribution in [0.2, 0.25) is 5.02 Å². The highest BCUT2D eigenvalue weighted by atomic mass is 35.5. The fourth-order valence-electron chi connectivity index (χ4n) is 13.2. The van der Waals surface area contributed by atoms with Crippen LogP contribution in [0.5, 0.6) is 0 Å². The molecular formula is C76H97ClN8O18. The molecule has 0 saturated carbocycles. The van der Waals surface area contributed by atoms with Gasteiger partial charge in [-0.15, -0.1) is 0 Å². The molecule has 1 aliphatic carbocycles. The number of esters is 2. The van der Waals surface area contributed by atoms with Crippen molar-refractivity contribution in [2.45, 2.75) is 167 Å². The Morgan fingerprint density at radius 2 is 1.55 bits per heavy atom. The molecule has 4 N–H and O–H groups in total. The zero-order valence-electron chi connectivity index (χ0n) is 60.9. The summed E-state index contributed by atoms with van der Waals surface area (Å²) in [6.07, 6.45) is -1.40. The number of aliphatic hydroxyl groups is 1. The van der Waals surface area contributed by atoms with Crippen LogP contribution in [0.25, 0.3) is 22.0 Å². The number of amides is 6. The van der Waals surface area contributed by atoms with Crippen LogP contribution >= 0.6 is 11.6 Å². The number of anilines is 1. The highest BCUT2D eigenvalue weighted by molar-refractivity contribution is 6.34. The number of carbonyl (C=O) groups is 8. The third-order valence-electron chi connectivity index (χ3n) is 19.3. The summed E-state index contributed by atoms with van der Waals surface area (Å²) in [5, 5.41) is 24.1. The van der Waals surface area contributed by atoms with Gasteiger partial charge in [0.05, 0.1) is 68.1 Å². The molecule has 556 valence electrons. The Labute approximate surface area is 606 Å². The second kappa shape index (κ2) is 34.1. The Balaban J connectivity index is 0.741. The summed E-state index contributed by atoms with van der Waals surface area (Å²) in [6.45, 7) is 14.1. The monoisotopic (exact) mass is 1440 g/mol. The number of hydrazine groups is 1. The van der Waals surface area contributed by atoms with E-state index in [2.05, 4.69) is 40.2 Å². The topological polar surface area (TPSA) is 297 Å². The first kappa shape index (κ1) is 78.3. The number of aryl methyl sites for hydroxylation is 1. The Hall–Kier alpha value is -8.89. The minimum absolute atomic E-state index is 0.00803. The molecule has 0 radical (unpaired) electrons. The zero-order chi connectivity index (χ0) is 74.7. The average Bonchev–Trinajstić information content (AvgIpc) is 1.58. The number of fused-ring (bicyclic) bond motifs is 9. The van der Waals surface area contributed by atoms with Gasteiger partial charge in [0, 0.05) is 77.6 Å². The minimum atomic E-state index is -1.88. The summed E-state index contributed by atoms with van der Waals surface area (Å²) in [7, 11) is 7.81. The van der Waals surface area contributed by atoms with Crippen molar-refractivity contribution in [3.63, 3.8) is 0 Å². The molecule has 5 aromatic rings. The number of nitrogens with one attached hydrogen (secondary N) is 3. The first-order chi connectivity index (χ1) is 48.9. The Kier molecular flexibility index (Phi) is 25.9. The van der Waals surface area contributed by atoms with Gasteiger partial charge < -0.3 is 72.7 Å². The van der Waals surface area contributed by atoms with E-state index in [1.807, 2.05) is 86.7 Å². The Morgan fingerprint density at radius 3 is 2.24 bits per heavy atom. The summed E-state index contributed by atoms with van der Waals surface area (Å²) in [6, 6.07) is 27.1. The third-order valence-corrected chi connectivity index (χ3v) is 19.8. The third kappa shape index (κ3) is 19.5. The van der Waals surface area contributed by atoms with Crippen LogP contribution in [0.4, 0.5) is 20.1 Å². The lowest BCUT2D eigenvalue weighted by Crippen LogP contribution is -2.63. The van der Waals surface area contributed by atoms with Crippen molar-refractivity contribution in [1.82, 2.24) is 35.4 Å². The van der Waals surface area contributed by atoms with Crippen LogP contribution in [-0.2, 0) is 86.3 Å². The van der Waals surface area contributed by atoms with E-state index in [0.29, 0.717) is 22.8 Å². The van der Waals surface area contributed by atoms with Gasteiger partial charge in [0.15, 0.2) is 12.5 Å². The molecule has 0 spiro atoms. The van der Waals surface area contributed by atoms with Crippen LogP contribution in [0.3, 0.4) is 0 Å². The summed E-state index contributed by atoms with van der Waals surface area (Å²) in [5.41, 5.74) is 4.87. The van der Waals surface area contributed by atoms with Crippen LogP contribution < -0.4 is 20.9 Å².